The summed E-state index contributed by atoms with van der Waals surface area (Å²) in [5, 5.41) is 7.39. The zero-order valence-electron chi connectivity index (χ0n) is 36.8. The minimum absolute atomic E-state index is 0.641. The summed E-state index contributed by atoms with van der Waals surface area (Å²) in [4.78, 5) is 0. The molecular weight excluding hydrogens is 809 g/mol. The van der Waals surface area contributed by atoms with Crippen molar-refractivity contribution in [3.63, 3.8) is 0 Å². The topological polar surface area (TPSA) is 9.86 Å². The van der Waals surface area contributed by atoms with Crippen LogP contribution in [0.15, 0.2) is 267 Å². The first-order valence-electron chi connectivity index (χ1n) is 23.2. The molecule has 2 aromatic heterocycles. The predicted octanol–water partition coefficient (Wildman–Crippen LogP) is 16.8. The number of hydrogen-bond donors (Lipinski definition) is 0. The predicted molar refractivity (Wildman–Crippen MR) is 282 cm³/mol. The first-order valence-corrected chi connectivity index (χ1v) is 23.2. The van der Waals surface area contributed by atoms with Gasteiger partial charge in [-0.3, -0.25) is 0 Å². The minimum Gasteiger partial charge on any atom is -0.309 e. The molecule has 11 aromatic carbocycles. The Morgan fingerprint density at radius 2 is 0.642 bits per heavy atom. The van der Waals surface area contributed by atoms with Gasteiger partial charge in [0.2, 0.25) is 0 Å². The smallest absolute Gasteiger partial charge is 0.0702 e. The van der Waals surface area contributed by atoms with Crippen LogP contribution in [-0.4, -0.2) is 9.13 Å². The van der Waals surface area contributed by atoms with E-state index in [9.17, 15) is 0 Å². The molecule has 0 aliphatic rings. The van der Waals surface area contributed by atoms with Crippen LogP contribution in [0.3, 0.4) is 0 Å². The van der Waals surface area contributed by atoms with Crippen molar-refractivity contribution in [3.8, 4) is 33.6 Å². The first kappa shape index (κ1) is 38.7. The van der Waals surface area contributed by atoms with Crippen LogP contribution in [0.5, 0.6) is 0 Å². The fourth-order valence-electron chi connectivity index (χ4n) is 11.0. The number of fused-ring (bicyclic) bond motifs is 7. The van der Waals surface area contributed by atoms with E-state index in [0.29, 0.717) is 0 Å². The summed E-state index contributed by atoms with van der Waals surface area (Å²) < 4.78 is 4.82. The molecule has 0 atom stereocenters. The zero-order valence-corrected chi connectivity index (χ0v) is 36.8. The van der Waals surface area contributed by atoms with Crippen molar-refractivity contribution in [2.24, 2.45) is 0 Å². The van der Waals surface area contributed by atoms with Crippen molar-refractivity contribution in [2.45, 2.75) is 5.41 Å². The molecule has 0 saturated heterocycles. The molecule has 0 saturated carbocycles. The Hall–Kier alpha value is -8.72. The molecule has 13 aromatic rings. The average Bonchev–Trinajstić information content (AvgIpc) is 3.92. The van der Waals surface area contributed by atoms with Gasteiger partial charge in [0.15, 0.2) is 0 Å². The summed E-state index contributed by atoms with van der Waals surface area (Å²) in [6.07, 6.45) is 0. The fraction of sp³-hybridized carbons (Fsp3) is 0.0154. The Morgan fingerprint density at radius 1 is 0.224 bits per heavy atom. The third-order valence-corrected chi connectivity index (χ3v) is 14.0. The molecule has 314 valence electrons. The average molecular weight is 853 g/mol. The Balaban J connectivity index is 1.09. The maximum absolute atomic E-state index is 2.46. The Morgan fingerprint density at radius 3 is 1.16 bits per heavy atom. The molecule has 0 fully saturated rings. The zero-order chi connectivity index (χ0) is 44.3. The number of hydrogen-bond acceptors (Lipinski definition) is 0. The normalized spacial score (nSPS) is 11.9. The molecule has 2 nitrogen and oxygen atoms in total. The summed E-state index contributed by atoms with van der Waals surface area (Å²) in [7, 11) is 0. The third-order valence-electron chi connectivity index (χ3n) is 14.0. The van der Waals surface area contributed by atoms with Crippen molar-refractivity contribution in [1.82, 2.24) is 9.13 Å². The van der Waals surface area contributed by atoms with E-state index < -0.39 is 5.41 Å². The van der Waals surface area contributed by atoms with E-state index in [1.807, 2.05) is 0 Å². The molecule has 0 aliphatic heterocycles. The van der Waals surface area contributed by atoms with Crippen LogP contribution >= 0.6 is 0 Å². The van der Waals surface area contributed by atoms with E-state index in [1.165, 1.54) is 87.8 Å². The van der Waals surface area contributed by atoms with Crippen molar-refractivity contribution in [3.05, 3.63) is 289 Å². The van der Waals surface area contributed by atoms with Crippen molar-refractivity contribution >= 4 is 54.4 Å². The van der Waals surface area contributed by atoms with Crippen LogP contribution in [0.25, 0.3) is 88.0 Å². The maximum atomic E-state index is 2.46. The number of benzene rings is 11. The molecule has 2 heterocycles. The fourth-order valence-corrected chi connectivity index (χ4v) is 11.0. The standard InChI is InChI=1S/C65H44N2/c1-5-21-51(22-6-1)65(52-23-7-2-8-24-52,53-25-9-3-10-26-53)54-40-49(47-34-37-63-59(43-47)57-29-15-17-31-61(57)66(63)55-27-11-4-12-28-55)39-50(41-54)48-35-38-64-60(44-48)58-30-16-18-32-62(58)67(64)56-36-33-45-19-13-14-20-46(45)42-56/h1-44H. The second kappa shape index (κ2) is 15.8. The van der Waals surface area contributed by atoms with E-state index in [1.54, 1.807) is 0 Å². The highest BCUT2D eigenvalue weighted by molar-refractivity contribution is 6.12. The highest BCUT2D eigenvalue weighted by Crippen LogP contribution is 2.48. The molecule has 13 rings (SSSR count). The molecule has 0 bridgehead atoms. The van der Waals surface area contributed by atoms with Gasteiger partial charge in [-0.2, -0.15) is 0 Å². The molecule has 2 heteroatoms. The van der Waals surface area contributed by atoms with Gasteiger partial charge in [-0.05, 0) is 134 Å². The maximum Gasteiger partial charge on any atom is 0.0702 e. The van der Waals surface area contributed by atoms with E-state index in [4.69, 9.17) is 0 Å². The van der Waals surface area contributed by atoms with Crippen LogP contribution in [0.4, 0.5) is 0 Å². The lowest BCUT2D eigenvalue weighted by Gasteiger charge is -2.37. The Labute approximate surface area is 389 Å². The van der Waals surface area contributed by atoms with Crippen LogP contribution in [0.1, 0.15) is 22.3 Å². The summed E-state index contributed by atoms with van der Waals surface area (Å²) in [5.41, 5.74) is 15.9. The highest BCUT2D eigenvalue weighted by Gasteiger charge is 2.39. The molecular formula is C65H44N2. The van der Waals surface area contributed by atoms with Gasteiger partial charge in [-0.25, -0.2) is 0 Å². The molecule has 0 unspecified atom stereocenters. The van der Waals surface area contributed by atoms with Crippen LogP contribution < -0.4 is 0 Å². The minimum atomic E-state index is -0.641. The van der Waals surface area contributed by atoms with Gasteiger partial charge >= 0.3 is 0 Å². The van der Waals surface area contributed by atoms with Crippen LogP contribution in [0.2, 0.25) is 0 Å². The number of para-hydroxylation sites is 3. The lowest BCUT2D eigenvalue weighted by Crippen LogP contribution is -2.31. The molecule has 0 amide bonds. The van der Waals surface area contributed by atoms with Gasteiger partial charge in [0.1, 0.15) is 0 Å². The second-order valence-electron chi connectivity index (χ2n) is 17.7. The monoisotopic (exact) mass is 852 g/mol. The summed E-state index contributed by atoms with van der Waals surface area (Å²) in [6.45, 7) is 0. The summed E-state index contributed by atoms with van der Waals surface area (Å²) in [6, 6.07) is 98.4. The van der Waals surface area contributed by atoms with Gasteiger partial charge in [-0.1, -0.05) is 188 Å². The second-order valence-corrected chi connectivity index (χ2v) is 17.7. The Kier molecular flexibility index (Phi) is 9.11. The highest BCUT2D eigenvalue weighted by atomic mass is 15.0. The van der Waals surface area contributed by atoms with Crippen molar-refractivity contribution in [1.29, 1.82) is 0 Å². The lowest BCUT2D eigenvalue weighted by atomic mass is 9.64. The quantitative estimate of drug-likeness (QED) is 0.135. The van der Waals surface area contributed by atoms with Crippen LogP contribution in [0, 0.1) is 0 Å². The van der Waals surface area contributed by atoms with E-state index in [0.717, 1.165) is 22.5 Å². The molecule has 0 spiro atoms. The molecule has 67 heavy (non-hydrogen) atoms. The van der Waals surface area contributed by atoms with E-state index in [2.05, 4.69) is 276 Å². The third kappa shape index (κ3) is 6.26. The summed E-state index contributed by atoms with van der Waals surface area (Å²) in [5.74, 6) is 0. The SMILES string of the molecule is c1ccc(-n2c3ccccc3c3cc(-c4cc(-c5ccc6c(c5)c5ccccc5n6-c5ccc6ccccc6c5)cc(C(c5ccccc5)(c5ccccc5)c5ccccc5)c4)ccc32)cc1. The summed E-state index contributed by atoms with van der Waals surface area (Å²) >= 11 is 0. The van der Waals surface area contributed by atoms with Crippen molar-refractivity contribution in [2.75, 3.05) is 0 Å². The van der Waals surface area contributed by atoms with Crippen molar-refractivity contribution < 1.29 is 0 Å². The number of aromatic nitrogens is 2. The number of nitrogens with zero attached hydrogens (tertiary/aromatic N) is 2. The largest absolute Gasteiger partial charge is 0.309 e. The first-order chi connectivity index (χ1) is 33.2. The van der Waals surface area contributed by atoms with E-state index >= 15 is 0 Å². The van der Waals surface area contributed by atoms with Gasteiger partial charge in [0.05, 0.1) is 27.5 Å². The van der Waals surface area contributed by atoms with Gasteiger partial charge in [0, 0.05) is 32.9 Å². The molecule has 0 N–H and O–H groups in total. The van der Waals surface area contributed by atoms with Crippen LogP contribution in [-0.2, 0) is 5.41 Å². The Bertz CT molecular complexity index is 3860. The van der Waals surface area contributed by atoms with E-state index in [-0.39, 0.29) is 0 Å². The lowest BCUT2D eigenvalue weighted by molar-refractivity contribution is 0.746. The number of rotatable bonds is 8. The van der Waals surface area contributed by atoms with Gasteiger partial charge in [0.25, 0.3) is 0 Å². The van der Waals surface area contributed by atoms with Gasteiger partial charge in [-0.15, -0.1) is 0 Å². The van der Waals surface area contributed by atoms with Gasteiger partial charge < -0.3 is 9.13 Å². The molecule has 0 aliphatic carbocycles. The molecule has 0 radical (unpaired) electrons.